The van der Waals surface area contributed by atoms with Crippen molar-refractivity contribution >= 4 is 17.6 Å². The van der Waals surface area contributed by atoms with Crippen molar-refractivity contribution in [1.29, 1.82) is 0 Å². The fourth-order valence-electron chi connectivity index (χ4n) is 5.31. The second-order valence-electron chi connectivity index (χ2n) is 9.83. The van der Waals surface area contributed by atoms with Crippen LogP contribution >= 0.6 is 0 Å². The topological polar surface area (TPSA) is 79.8 Å². The van der Waals surface area contributed by atoms with Gasteiger partial charge >= 0.3 is 6.18 Å². The van der Waals surface area contributed by atoms with E-state index >= 15 is 0 Å². The van der Waals surface area contributed by atoms with Crippen molar-refractivity contribution in [3.8, 4) is 5.69 Å². The van der Waals surface area contributed by atoms with E-state index in [9.17, 15) is 27.2 Å². The number of hydrogen-bond acceptors (Lipinski definition) is 4. The van der Waals surface area contributed by atoms with Crippen LogP contribution in [0.5, 0.6) is 0 Å². The van der Waals surface area contributed by atoms with E-state index < -0.39 is 41.3 Å². The Kier molecular flexibility index (Phi) is 6.61. The largest absolute Gasteiger partial charge is 0.416 e. The molecular formula is C30H24F4N4O3. The summed E-state index contributed by atoms with van der Waals surface area (Å²) >= 11 is 0. The Morgan fingerprint density at radius 2 is 1.76 bits per heavy atom. The van der Waals surface area contributed by atoms with Gasteiger partial charge < -0.3 is 10.1 Å². The van der Waals surface area contributed by atoms with Crippen LogP contribution in [-0.2, 0) is 15.7 Å². The first-order chi connectivity index (χ1) is 19.7. The van der Waals surface area contributed by atoms with Gasteiger partial charge in [0.15, 0.2) is 0 Å². The van der Waals surface area contributed by atoms with Crippen molar-refractivity contribution in [3.63, 3.8) is 0 Å². The summed E-state index contributed by atoms with van der Waals surface area (Å²) < 4.78 is 61.3. The first kappa shape index (κ1) is 26.7. The summed E-state index contributed by atoms with van der Waals surface area (Å²) in [5, 5.41) is 7.54. The minimum absolute atomic E-state index is 0.224. The molecule has 6 rings (SSSR count). The summed E-state index contributed by atoms with van der Waals surface area (Å²) in [4.78, 5) is 29.0. The fourth-order valence-corrected chi connectivity index (χ4v) is 5.31. The van der Waals surface area contributed by atoms with Crippen molar-refractivity contribution in [3.05, 3.63) is 113 Å². The van der Waals surface area contributed by atoms with Gasteiger partial charge in [-0.05, 0) is 55.0 Å². The lowest BCUT2D eigenvalue weighted by Gasteiger charge is -2.38. The Labute approximate surface area is 232 Å². The molecule has 0 spiro atoms. The van der Waals surface area contributed by atoms with Crippen LogP contribution in [0.2, 0.25) is 0 Å². The second kappa shape index (κ2) is 10.2. The zero-order valence-electron chi connectivity index (χ0n) is 21.7. The molecule has 0 saturated carbocycles. The Morgan fingerprint density at radius 3 is 2.39 bits per heavy atom. The average Bonchev–Trinajstić information content (AvgIpc) is 3.74. The normalized spacial score (nSPS) is 20.1. The van der Waals surface area contributed by atoms with Crippen LogP contribution in [0.15, 0.2) is 78.9 Å². The molecule has 3 atom stereocenters. The summed E-state index contributed by atoms with van der Waals surface area (Å²) in [7, 11) is 0. The molecule has 7 nitrogen and oxygen atoms in total. The number of aromatic nitrogens is 2. The van der Waals surface area contributed by atoms with E-state index in [0.29, 0.717) is 34.9 Å². The predicted molar refractivity (Wildman–Crippen MR) is 141 cm³/mol. The number of para-hydroxylation sites is 1. The maximum absolute atomic E-state index is 14.1. The van der Waals surface area contributed by atoms with Gasteiger partial charge in [-0.25, -0.2) is 9.07 Å². The maximum atomic E-state index is 14.1. The van der Waals surface area contributed by atoms with E-state index in [4.69, 9.17) is 9.84 Å². The number of benzene rings is 3. The maximum Gasteiger partial charge on any atom is 0.416 e. The van der Waals surface area contributed by atoms with Gasteiger partial charge in [-0.15, -0.1) is 0 Å². The number of rotatable bonds is 6. The van der Waals surface area contributed by atoms with E-state index in [-0.39, 0.29) is 18.2 Å². The molecule has 210 valence electrons. The van der Waals surface area contributed by atoms with E-state index in [1.54, 1.807) is 11.6 Å². The number of alkyl halides is 3. The molecule has 1 aromatic heterocycles. The molecule has 2 aliphatic rings. The molecule has 3 heterocycles. The number of ether oxygens (including phenoxy) is 1. The Hall–Kier alpha value is -4.51. The van der Waals surface area contributed by atoms with Gasteiger partial charge in [-0.1, -0.05) is 36.4 Å². The van der Waals surface area contributed by atoms with Crippen molar-refractivity contribution < 1.29 is 31.9 Å². The third-order valence-electron chi connectivity index (χ3n) is 7.28. The van der Waals surface area contributed by atoms with Crippen molar-refractivity contribution in [2.24, 2.45) is 0 Å². The number of fused-ring (bicyclic) bond motifs is 1. The van der Waals surface area contributed by atoms with Crippen LogP contribution in [-0.4, -0.2) is 40.8 Å². The molecule has 3 aromatic carbocycles. The number of carbonyl (C=O) groups excluding carboxylic acids is 2. The van der Waals surface area contributed by atoms with Gasteiger partial charge in [0.05, 0.1) is 17.9 Å². The van der Waals surface area contributed by atoms with Crippen LogP contribution in [0.25, 0.3) is 5.69 Å². The van der Waals surface area contributed by atoms with Crippen LogP contribution in [0.3, 0.4) is 0 Å². The molecular weight excluding hydrogens is 540 g/mol. The predicted octanol–water partition coefficient (Wildman–Crippen LogP) is 5.40. The molecule has 1 saturated heterocycles. The zero-order valence-corrected chi connectivity index (χ0v) is 21.7. The number of epoxide rings is 1. The third kappa shape index (κ3) is 4.86. The van der Waals surface area contributed by atoms with Gasteiger partial charge in [-0.3, -0.25) is 14.5 Å². The van der Waals surface area contributed by atoms with E-state index in [1.165, 1.54) is 35.2 Å². The summed E-state index contributed by atoms with van der Waals surface area (Å²) in [6, 6.07) is 17.6. The number of hydrogen-bond donors (Lipinski definition) is 1. The standard InChI is InChI=1S/C30H24F4N4O3/c1-2-37-28-24(25(22-16-41-22)36-38(28)21-9-4-3-5-10-21)23(17-11-13-20(31)14-12-17)26(29(37)40)35-27(39)18-7-6-8-19(15-18)30(32,33)34/h3-15,22-23,26H,2,16H2,1H3,(H,35,39)/t22-,23+,26+/m0/s1. The highest BCUT2D eigenvalue weighted by Gasteiger charge is 2.48. The zero-order chi connectivity index (χ0) is 28.9. The van der Waals surface area contributed by atoms with Crippen molar-refractivity contribution in [1.82, 2.24) is 15.1 Å². The summed E-state index contributed by atoms with van der Waals surface area (Å²) in [5.74, 6) is -2.14. The summed E-state index contributed by atoms with van der Waals surface area (Å²) in [6.07, 6.45) is -4.99. The molecule has 0 unspecified atom stereocenters. The molecule has 2 amide bonds. The molecule has 0 radical (unpaired) electrons. The number of likely N-dealkylation sites (N-methyl/N-ethyl adjacent to an activating group) is 1. The smallest absolute Gasteiger partial charge is 0.366 e. The lowest BCUT2D eigenvalue weighted by atomic mass is 9.80. The molecule has 1 fully saturated rings. The van der Waals surface area contributed by atoms with Crippen LogP contribution in [0, 0.1) is 5.82 Å². The second-order valence-corrected chi connectivity index (χ2v) is 9.83. The highest BCUT2D eigenvalue weighted by molar-refractivity contribution is 6.05. The van der Waals surface area contributed by atoms with Crippen LogP contribution < -0.4 is 10.2 Å². The fraction of sp³-hybridized carbons (Fsp3) is 0.233. The Bertz CT molecular complexity index is 1620. The van der Waals surface area contributed by atoms with Gasteiger partial charge in [-0.2, -0.15) is 18.3 Å². The number of halogens is 4. The highest BCUT2D eigenvalue weighted by Crippen LogP contribution is 2.47. The van der Waals surface area contributed by atoms with Gasteiger partial charge in [0, 0.05) is 23.6 Å². The lowest BCUT2D eigenvalue weighted by Crippen LogP contribution is -2.55. The van der Waals surface area contributed by atoms with E-state index in [1.807, 2.05) is 30.3 Å². The SMILES string of the molecule is CCN1C(=O)[C@H](NC(=O)c2cccc(C(F)(F)F)c2)[C@H](c2ccc(F)cc2)c2c([C@@H]3CO3)nn(-c3ccccc3)c21. The number of anilines is 1. The van der Waals surface area contributed by atoms with Gasteiger partial charge in [0.1, 0.15) is 29.5 Å². The van der Waals surface area contributed by atoms with Crippen LogP contribution in [0.1, 0.15) is 51.7 Å². The summed E-state index contributed by atoms with van der Waals surface area (Å²) in [5.41, 5.74) is 1.20. The lowest BCUT2D eigenvalue weighted by molar-refractivity contribution is -0.137. The van der Waals surface area contributed by atoms with Crippen molar-refractivity contribution in [2.75, 3.05) is 18.1 Å². The number of amides is 2. The monoisotopic (exact) mass is 564 g/mol. The molecule has 11 heteroatoms. The summed E-state index contributed by atoms with van der Waals surface area (Å²) in [6.45, 7) is 2.42. The number of carbonyl (C=O) groups is 2. The van der Waals surface area contributed by atoms with Crippen molar-refractivity contribution in [2.45, 2.75) is 31.2 Å². The highest BCUT2D eigenvalue weighted by atomic mass is 19.4. The quantitative estimate of drug-likeness (QED) is 0.251. The van der Waals surface area contributed by atoms with Gasteiger partial charge in [0.2, 0.25) is 0 Å². The van der Waals surface area contributed by atoms with E-state index in [2.05, 4.69) is 5.32 Å². The molecule has 4 aromatic rings. The Morgan fingerprint density at radius 1 is 1.05 bits per heavy atom. The molecule has 2 aliphatic heterocycles. The first-order valence-corrected chi connectivity index (χ1v) is 13.0. The Balaban J connectivity index is 1.52. The van der Waals surface area contributed by atoms with E-state index in [0.717, 1.165) is 18.2 Å². The minimum Gasteiger partial charge on any atom is -0.366 e. The number of nitrogens with one attached hydrogen (secondary N) is 1. The molecule has 0 bridgehead atoms. The first-order valence-electron chi connectivity index (χ1n) is 13.0. The molecule has 1 N–H and O–H groups in total. The van der Waals surface area contributed by atoms with Gasteiger partial charge in [0.25, 0.3) is 11.8 Å². The van der Waals surface area contributed by atoms with Crippen LogP contribution in [0.4, 0.5) is 23.4 Å². The minimum atomic E-state index is -4.65. The third-order valence-corrected chi connectivity index (χ3v) is 7.28. The molecule has 41 heavy (non-hydrogen) atoms. The average molecular weight is 565 g/mol. The molecule has 0 aliphatic carbocycles. The number of nitrogens with zero attached hydrogens (tertiary/aromatic N) is 3.